The molecule has 0 radical (unpaired) electrons. The Morgan fingerprint density at radius 1 is 1.22 bits per heavy atom. The average Bonchev–Trinajstić information content (AvgIpc) is 2.34. The maximum absolute atomic E-state index is 11.6. The Morgan fingerprint density at radius 2 is 1.83 bits per heavy atom. The van der Waals surface area contributed by atoms with Gasteiger partial charge < -0.3 is 15.3 Å². The van der Waals surface area contributed by atoms with Crippen molar-refractivity contribution in [3.63, 3.8) is 0 Å². The topological polar surface area (TPSA) is 52.6 Å². The van der Waals surface area contributed by atoms with Gasteiger partial charge >= 0.3 is 0 Å². The smallest absolute Gasteiger partial charge is 0.220 e. The van der Waals surface area contributed by atoms with Crippen LogP contribution in [0, 0.1) is 5.92 Å². The van der Waals surface area contributed by atoms with E-state index >= 15 is 0 Å². The molecule has 1 amide bonds. The van der Waals surface area contributed by atoms with E-state index in [1.807, 2.05) is 0 Å². The zero-order valence-corrected chi connectivity index (χ0v) is 12.4. The van der Waals surface area contributed by atoms with E-state index in [0.717, 1.165) is 25.8 Å². The van der Waals surface area contributed by atoms with Crippen molar-refractivity contribution in [3.05, 3.63) is 0 Å². The Hall–Kier alpha value is -0.610. The number of hydrogen-bond donors (Lipinski definition) is 2. The van der Waals surface area contributed by atoms with Gasteiger partial charge in [-0.05, 0) is 32.9 Å². The van der Waals surface area contributed by atoms with Gasteiger partial charge in [-0.15, -0.1) is 0 Å². The monoisotopic (exact) mass is 258 g/mol. The molecule has 0 spiro atoms. The predicted octanol–water partition coefficient (Wildman–Crippen LogP) is 1.63. The molecule has 0 aromatic carbocycles. The minimum atomic E-state index is 0.0984. The molecule has 0 aromatic rings. The standard InChI is InChI=1S/C14H30N2O2/c1-5-12(6-2)13(16(3)4)11-15-14(18)9-7-8-10-17/h12-13,17H,5-11H2,1-4H3,(H,15,18). The Labute approximate surface area is 112 Å². The molecule has 4 heteroatoms. The van der Waals surface area contributed by atoms with E-state index in [1.54, 1.807) is 0 Å². The zero-order valence-electron chi connectivity index (χ0n) is 12.4. The van der Waals surface area contributed by atoms with Crippen LogP contribution in [-0.4, -0.2) is 49.2 Å². The molecule has 0 bridgehead atoms. The van der Waals surface area contributed by atoms with Crippen molar-refractivity contribution in [2.45, 2.75) is 52.0 Å². The van der Waals surface area contributed by atoms with Crippen LogP contribution in [0.4, 0.5) is 0 Å². The van der Waals surface area contributed by atoms with Crippen LogP contribution in [0.25, 0.3) is 0 Å². The SMILES string of the molecule is CCC(CC)C(CNC(=O)CCCCO)N(C)C. The van der Waals surface area contributed by atoms with Crippen molar-refractivity contribution < 1.29 is 9.90 Å². The number of rotatable bonds is 10. The summed E-state index contributed by atoms with van der Waals surface area (Å²) in [4.78, 5) is 13.8. The highest BCUT2D eigenvalue weighted by atomic mass is 16.2. The first-order valence-corrected chi connectivity index (χ1v) is 7.10. The number of amides is 1. The molecule has 0 aliphatic heterocycles. The highest BCUT2D eigenvalue weighted by molar-refractivity contribution is 5.75. The zero-order chi connectivity index (χ0) is 14.0. The fraction of sp³-hybridized carbons (Fsp3) is 0.929. The lowest BCUT2D eigenvalue weighted by molar-refractivity contribution is -0.121. The molecule has 4 nitrogen and oxygen atoms in total. The summed E-state index contributed by atoms with van der Waals surface area (Å²) in [7, 11) is 4.14. The summed E-state index contributed by atoms with van der Waals surface area (Å²) >= 11 is 0. The molecule has 0 aliphatic rings. The van der Waals surface area contributed by atoms with Crippen molar-refractivity contribution in [2.24, 2.45) is 5.92 Å². The van der Waals surface area contributed by atoms with Gasteiger partial charge in [0.05, 0.1) is 0 Å². The summed E-state index contributed by atoms with van der Waals surface area (Å²) in [5, 5.41) is 11.7. The summed E-state index contributed by atoms with van der Waals surface area (Å²) in [5.74, 6) is 0.721. The van der Waals surface area contributed by atoms with Crippen LogP contribution in [0.2, 0.25) is 0 Å². The number of carbonyl (C=O) groups is 1. The molecule has 18 heavy (non-hydrogen) atoms. The van der Waals surface area contributed by atoms with Crippen molar-refractivity contribution in [3.8, 4) is 0 Å². The second kappa shape index (κ2) is 10.3. The van der Waals surface area contributed by atoms with Crippen molar-refractivity contribution in [1.82, 2.24) is 10.2 Å². The van der Waals surface area contributed by atoms with Crippen LogP contribution >= 0.6 is 0 Å². The lowest BCUT2D eigenvalue weighted by atomic mass is 9.93. The number of likely N-dealkylation sites (N-methyl/N-ethyl adjacent to an activating group) is 1. The lowest BCUT2D eigenvalue weighted by Crippen LogP contribution is -2.44. The highest BCUT2D eigenvalue weighted by Crippen LogP contribution is 2.16. The molecule has 0 aliphatic carbocycles. The van der Waals surface area contributed by atoms with Gasteiger partial charge in [0.15, 0.2) is 0 Å². The second-order valence-electron chi connectivity index (χ2n) is 5.09. The molecule has 0 saturated heterocycles. The third kappa shape index (κ3) is 6.97. The molecule has 0 heterocycles. The van der Waals surface area contributed by atoms with Crippen molar-refractivity contribution >= 4 is 5.91 Å². The Balaban J connectivity index is 4.07. The van der Waals surface area contributed by atoms with Crippen LogP contribution in [0.3, 0.4) is 0 Å². The molecule has 1 atom stereocenters. The Kier molecular flexibility index (Phi) is 9.98. The normalized spacial score (nSPS) is 13.1. The number of carbonyl (C=O) groups excluding carboxylic acids is 1. The van der Waals surface area contributed by atoms with Gasteiger partial charge in [0.25, 0.3) is 0 Å². The average molecular weight is 258 g/mol. The summed E-state index contributed by atoms with van der Waals surface area (Å²) in [5.41, 5.74) is 0. The molecular formula is C14H30N2O2. The third-order valence-electron chi connectivity index (χ3n) is 3.58. The van der Waals surface area contributed by atoms with Gasteiger partial charge in [-0.3, -0.25) is 4.79 Å². The van der Waals surface area contributed by atoms with Gasteiger partial charge in [0.1, 0.15) is 0 Å². The first-order chi connectivity index (χ1) is 8.56. The minimum absolute atomic E-state index is 0.0984. The lowest BCUT2D eigenvalue weighted by Gasteiger charge is -2.31. The Morgan fingerprint density at radius 3 is 2.28 bits per heavy atom. The van der Waals surface area contributed by atoms with Gasteiger partial charge in [-0.2, -0.15) is 0 Å². The van der Waals surface area contributed by atoms with Crippen molar-refractivity contribution in [2.75, 3.05) is 27.2 Å². The van der Waals surface area contributed by atoms with E-state index < -0.39 is 0 Å². The fourth-order valence-electron chi connectivity index (χ4n) is 2.31. The van der Waals surface area contributed by atoms with Crippen molar-refractivity contribution in [1.29, 1.82) is 0 Å². The highest BCUT2D eigenvalue weighted by Gasteiger charge is 2.20. The van der Waals surface area contributed by atoms with Crippen LogP contribution in [0.1, 0.15) is 46.0 Å². The van der Waals surface area contributed by atoms with Crippen LogP contribution in [0.15, 0.2) is 0 Å². The van der Waals surface area contributed by atoms with E-state index in [1.165, 1.54) is 0 Å². The fourth-order valence-corrected chi connectivity index (χ4v) is 2.31. The van der Waals surface area contributed by atoms with Gasteiger partial charge in [-0.1, -0.05) is 26.7 Å². The van der Waals surface area contributed by atoms with Crippen LogP contribution in [-0.2, 0) is 4.79 Å². The molecule has 0 saturated carbocycles. The van der Waals surface area contributed by atoms with Gasteiger partial charge in [-0.25, -0.2) is 0 Å². The maximum atomic E-state index is 11.6. The maximum Gasteiger partial charge on any atom is 0.220 e. The van der Waals surface area contributed by atoms with Crippen LogP contribution < -0.4 is 5.32 Å². The van der Waals surface area contributed by atoms with Crippen LogP contribution in [0.5, 0.6) is 0 Å². The molecule has 0 rings (SSSR count). The summed E-state index contributed by atoms with van der Waals surface area (Å²) < 4.78 is 0. The predicted molar refractivity (Wildman–Crippen MR) is 75.5 cm³/mol. The molecule has 1 unspecified atom stereocenters. The largest absolute Gasteiger partial charge is 0.396 e. The third-order valence-corrected chi connectivity index (χ3v) is 3.58. The van der Waals surface area contributed by atoms with E-state index in [0.29, 0.717) is 24.8 Å². The number of aliphatic hydroxyl groups is 1. The molecular weight excluding hydrogens is 228 g/mol. The van der Waals surface area contributed by atoms with Gasteiger partial charge in [0.2, 0.25) is 5.91 Å². The summed E-state index contributed by atoms with van der Waals surface area (Å²) in [6, 6.07) is 0.404. The number of hydrogen-bond acceptors (Lipinski definition) is 3. The first-order valence-electron chi connectivity index (χ1n) is 7.10. The number of nitrogens with one attached hydrogen (secondary N) is 1. The van der Waals surface area contributed by atoms with Gasteiger partial charge in [0, 0.05) is 25.6 Å². The van der Waals surface area contributed by atoms with E-state index in [-0.39, 0.29) is 12.5 Å². The number of unbranched alkanes of at least 4 members (excludes halogenated alkanes) is 1. The molecule has 2 N–H and O–H groups in total. The quantitative estimate of drug-likeness (QED) is 0.586. The molecule has 0 aromatic heterocycles. The van der Waals surface area contributed by atoms with E-state index in [9.17, 15) is 4.79 Å². The number of nitrogens with zero attached hydrogens (tertiary/aromatic N) is 1. The first kappa shape index (κ1) is 17.4. The number of aliphatic hydroxyl groups excluding tert-OH is 1. The second-order valence-corrected chi connectivity index (χ2v) is 5.09. The molecule has 108 valence electrons. The van der Waals surface area contributed by atoms with E-state index in [2.05, 4.69) is 38.2 Å². The minimum Gasteiger partial charge on any atom is -0.396 e. The Bertz CT molecular complexity index is 216. The summed E-state index contributed by atoms with van der Waals surface area (Å²) in [6.07, 6.45) is 4.26. The van der Waals surface area contributed by atoms with E-state index in [4.69, 9.17) is 5.11 Å². The molecule has 0 fully saturated rings. The summed E-state index contributed by atoms with van der Waals surface area (Å²) in [6.45, 7) is 5.29.